The molecular weight excluding hydrogens is 255 g/mol. The van der Waals surface area contributed by atoms with Gasteiger partial charge in [-0.2, -0.15) is 0 Å². The van der Waals surface area contributed by atoms with Crippen LogP contribution in [0.25, 0.3) is 0 Å². The van der Waals surface area contributed by atoms with E-state index in [4.69, 9.17) is 13.3 Å². The summed E-state index contributed by atoms with van der Waals surface area (Å²) in [5, 5.41) is 0. The first-order chi connectivity index (χ1) is 8.01. The average Bonchev–Trinajstić information content (AvgIpc) is 2.32. The molecular formula is C11H27O4PSi. The molecule has 0 aliphatic heterocycles. The van der Waals surface area contributed by atoms with Crippen LogP contribution in [0.15, 0.2) is 0 Å². The Balaban J connectivity index is 4.52. The molecule has 0 amide bonds. The molecule has 0 saturated carbocycles. The molecule has 0 saturated heterocycles. The summed E-state index contributed by atoms with van der Waals surface area (Å²) in [6.45, 7) is 4.16. The van der Waals surface area contributed by atoms with Crippen LogP contribution < -0.4 is 0 Å². The standard InChI is InChI=1S/C11H27O4PSi/c1-6-8-16(12,9-7-2)10-11-17(13-3,14-4)15-5/h6-11H2,1-5H3. The maximum absolute atomic E-state index is 12.7. The average molecular weight is 282 g/mol. The topological polar surface area (TPSA) is 44.8 Å². The highest BCUT2D eigenvalue weighted by molar-refractivity contribution is 7.64. The minimum Gasteiger partial charge on any atom is -0.377 e. The molecule has 0 aliphatic carbocycles. The van der Waals surface area contributed by atoms with Crippen molar-refractivity contribution < 1.29 is 17.8 Å². The molecule has 0 heterocycles. The Bertz CT molecular complexity index is 225. The predicted molar refractivity (Wildman–Crippen MR) is 74.4 cm³/mol. The molecule has 6 heteroatoms. The zero-order valence-corrected chi connectivity index (χ0v) is 13.7. The van der Waals surface area contributed by atoms with E-state index in [9.17, 15) is 4.57 Å². The lowest BCUT2D eigenvalue weighted by Gasteiger charge is -2.26. The Morgan fingerprint density at radius 1 is 0.882 bits per heavy atom. The molecule has 0 unspecified atom stereocenters. The normalized spacial score (nSPS) is 13.0. The van der Waals surface area contributed by atoms with Crippen molar-refractivity contribution in [3.8, 4) is 0 Å². The second-order valence-corrected chi connectivity index (χ2v) is 10.8. The van der Waals surface area contributed by atoms with Crippen molar-refractivity contribution >= 4 is 15.9 Å². The van der Waals surface area contributed by atoms with Gasteiger partial charge in [-0.3, -0.25) is 0 Å². The lowest BCUT2D eigenvalue weighted by atomic mass is 10.6. The van der Waals surface area contributed by atoms with Gasteiger partial charge in [0.1, 0.15) is 0 Å². The van der Waals surface area contributed by atoms with Crippen molar-refractivity contribution in [3.05, 3.63) is 0 Å². The van der Waals surface area contributed by atoms with Gasteiger partial charge in [0.15, 0.2) is 0 Å². The third kappa shape index (κ3) is 5.66. The van der Waals surface area contributed by atoms with Gasteiger partial charge < -0.3 is 17.8 Å². The van der Waals surface area contributed by atoms with E-state index in [1.54, 1.807) is 21.3 Å². The Kier molecular flexibility index (Phi) is 8.59. The largest absolute Gasteiger partial charge is 0.500 e. The van der Waals surface area contributed by atoms with Gasteiger partial charge in [0, 0.05) is 45.9 Å². The maximum Gasteiger partial charge on any atom is 0.500 e. The van der Waals surface area contributed by atoms with Gasteiger partial charge in [-0.1, -0.05) is 13.8 Å². The van der Waals surface area contributed by atoms with Crippen LogP contribution in [0.4, 0.5) is 0 Å². The second kappa shape index (κ2) is 8.43. The summed E-state index contributed by atoms with van der Waals surface area (Å²) >= 11 is 0. The third-order valence-electron chi connectivity index (χ3n) is 3.02. The fourth-order valence-electron chi connectivity index (χ4n) is 2.05. The van der Waals surface area contributed by atoms with Crippen LogP contribution in [0.5, 0.6) is 0 Å². The first-order valence-electron chi connectivity index (χ1n) is 6.24. The van der Waals surface area contributed by atoms with Gasteiger partial charge >= 0.3 is 8.80 Å². The highest BCUT2D eigenvalue weighted by atomic mass is 31.2. The van der Waals surface area contributed by atoms with Crippen molar-refractivity contribution in [2.45, 2.75) is 32.7 Å². The summed E-state index contributed by atoms with van der Waals surface area (Å²) in [7, 11) is 0.185. The molecule has 17 heavy (non-hydrogen) atoms. The van der Waals surface area contributed by atoms with E-state index in [1.807, 2.05) is 0 Å². The molecule has 0 atom stereocenters. The van der Waals surface area contributed by atoms with Crippen LogP contribution in [0.2, 0.25) is 6.04 Å². The number of hydrogen-bond donors (Lipinski definition) is 0. The van der Waals surface area contributed by atoms with E-state index in [0.29, 0.717) is 12.2 Å². The molecule has 0 fully saturated rings. The van der Waals surface area contributed by atoms with Crippen LogP contribution >= 0.6 is 7.14 Å². The summed E-state index contributed by atoms with van der Waals surface area (Å²) in [4.78, 5) is 0. The lowest BCUT2D eigenvalue weighted by molar-refractivity contribution is 0.125. The van der Waals surface area contributed by atoms with E-state index in [2.05, 4.69) is 13.8 Å². The molecule has 4 nitrogen and oxygen atoms in total. The molecule has 0 N–H and O–H groups in total. The molecule has 0 aromatic carbocycles. The van der Waals surface area contributed by atoms with Crippen molar-refractivity contribution in [1.82, 2.24) is 0 Å². The molecule has 0 spiro atoms. The van der Waals surface area contributed by atoms with Gasteiger partial charge in [-0.05, 0) is 12.8 Å². The SMILES string of the molecule is CCCP(=O)(CCC)CC[Si](OC)(OC)OC. The minimum absolute atomic E-state index is 0.647. The Labute approximate surface area is 107 Å². The van der Waals surface area contributed by atoms with Crippen molar-refractivity contribution in [3.63, 3.8) is 0 Å². The zero-order valence-electron chi connectivity index (χ0n) is 11.8. The fourth-order valence-corrected chi connectivity index (χ4v) is 8.19. The minimum atomic E-state index is -2.56. The summed E-state index contributed by atoms with van der Waals surface area (Å²) in [5.74, 6) is 0. The van der Waals surface area contributed by atoms with Gasteiger partial charge in [-0.15, -0.1) is 0 Å². The first-order valence-corrected chi connectivity index (χ1v) is 10.4. The molecule has 104 valence electrons. The van der Waals surface area contributed by atoms with Crippen molar-refractivity contribution in [2.75, 3.05) is 39.8 Å². The van der Waals surface area contributed by atoms with E-state index in [-0.39, 0.29) is 0 Å². The van der Waals surface area contributed by atoms with Gasteiger partial charge in [0.25, 0.3) is 0 Å². The predicted octanol–water partition coefficient (Wildman–Crippen LogP) is 3.05. The second-order valence-electron chi connectivity index (χ2n) is 4.27. The molecule has 0 bridgehead atoms. The zero-order chi connectivity index (χ0) is 13.4. The smallest absolute Gasteiger partial charge is 0.377 e. The molecule has 0 rings (SSSR count). The third-order valence-corrected chi connectivity index (χ3v) is 9.73. The summed E-state index contributed by atoms with van der Waals surface area (Å²) in [6, 6.07) is 0.647. The van der Waals surface area contributed by atoms with Crippen LogP contribution in [0.1, 0.15) is 26.7 Å². The Morgan fingerprint density at radius 3 is 1.59 bits per heavy atom. The molecule has 0 aromatic heterocycles. The lowest BCUT2D eigenvalue weighted by Crippen LogP contribution is -2.43. The number of hydrogen-bond acceptors (Lipinski definition) is 4. The summed E-state index contributed by atoms with van der Waals surface area (Å²) < 4.78 is 28.7. The van der Waals surface area contributed by atoms with Crippen molar-refractivity contribution in [2.24, 2.45) is 0 Å². The molecule has 0 aliphatic rings. The van der Waals surface area contributed by atoms with Crippen LogP contribution in [0, 0.1) is 0 Å². The van der Waals surface area contributed by atoms with Crippen LogP contribution in [-0.4, -0.2) is 48.6 Å². The summed E-state index contributed by atoms with van der Waals surface area (Å²) in [6.07, 6.45) is 4.26. The quantitative estimate of drug-likeness (QED) is 0.456. The monoisotopic (exact) mass is 282 g/mol. The highest BCUT2D eigenvalue weighted by Gasteiger charge is 2.39. The van der Waals surface area contributed by atoms with E-state index >= 15 is 0 Å². The maximum atomic E-state index is 12.7. The summed E-state index contributed by atoms with van der Waals surface area (Å²) in [5.41, 5.74) is 0. The Hall–Kier alpha value is 0.327. The van der Waals surface area contributed by atoms with E-state index in [0.717, 1.165) is 25.2 Å². The van der Waals surface area contributed by atoms with E-state index < -0.39 is 15.9 Å². The van der Waals surface area contributed by atoms with Gasteiger partial charge in [0.2, 0.25) is 0 Å². The van der Waals surface area contributed by atoms with Crippen LogP contribution in [0.3, 0.4) is 0 Å². The first kappa shape index (κ1) is 17.3. The Morgan fingerprint density at radius 2 is 1.29 bits per heavy atom. The molecule has 0 radical (unpaired) electrons. The van der Waals surface area contributed by atoms with Crippen LogP contribution in [-0.2, 0) is 17.8 Å². The highest BCUT2D eigenvalue weighted by Crippen LogP contribution is 2.48. The fraction of sp³-hybridized carbons (Fsp3) is 1.00. The van der Waals surface area contributed by atoms with Gasteiger partial charge in [-0.25, -0.2) is 0 Å². The van der Waals surface area contributed by atoms with Gasteiger partial charge in [0.05, 0.1) is 7.14 Å². The molecule has 0 aromatic rings. The van der Waals surface area contributed by atoms with E-state index in [1.165, 1.54) is 0 Å². The van der Waals surface area contributed by atoms with Crippen molar-refractivity contribution in [1.29, 1.82) is 0 Å². The number of rotatable bonds is 10.